The molecule has 1 rings (SSSR count). The lowest BCUT2D eigenvalue weighted by Crippen LogP contribution is -2.18. The Morgan fingerprint density at radius 1 is 1.47 bits per heavy atom. The summed E-state index contributed by atoms with van der Waals surface area (Å²) in [5.41, 5.74) is 0. The molecule has 0 radical (unpaired) electrons. The molecule has 0 spiro atoms. The summed E-state index contributed by atoms with van der Waals surface area (Å²) in [5.74, 6) is 1.37. The number of ether oxygens (including phenoxy) is 1. The molecule has 0 aromatic carbocycles. The van der Waals surface area contributed by atoms with Gasteiger partial charge in [-0.3, -0.25) is 0 Å². The fourth-order valence-electron chi connectivity index (χ4n) is 1.62. The van der Waals surface area contributed by atoms with Crippen molar-refractivity contribution in [2.45, 2.75) is 46.3 Å². The van der Waals surface area contributed by atoms with Gasteiger partial charge in [-0.05, 0) is 19.3 Å². The van der Waals surface area contributed by atoms with Crippen LogP contribution in [0.5, 0.6) is 0 Å². The van der Waals surface area contributed by atoms with Gasteiger partial charge < -0.3 is 9.84 Å². The minimum atomic E-state index is -0.406. The van der Waals surface area contributed by atoms with E-state index in [0.717, 1.165) is 12.4 Å². The van der Waals surface area contributed by atoms with E-state index in [1.807, 2.05) is 11.6 Å². The van der Waals surface area contributed by atoms with Gasteiger partial charge in [0.1, 0.15) is 12.2 Å². The number of aliphatic hydroxyl groups excluding tert-OH is 1. The lowest BCUT2D eigenvalue weighted by molar-refractivity contribution is 0.0871. The zero-order valence-corrected chi connectivity index (χ0v) is 11.0. The van der Waals surface area contributed by atoms with Gasteiger partial charge in [0.15, 0.2) is 0 Å². The molecular weight excluding hydrogens is 218 g/mol. The zero-order valence-electron chi connectivity index (χ0n) is 11.0. The summed E-state index contributed by atoms with van der Waals surface area (Å²) in [6, 6.07) is 0. The van der Waals surface area contributed by atoms with Crippen molar-refractivity contribution in [2.75, 3.05) is 13.2 Å². The molecule has 98 valence electrons. The zero-order chi connectivity index (χ0) is 12.7. The molecule has 0 saturated heterocycles. The summed E-state index contributed by atoms with van der Waals surface area (Å²) in [6.07, 6.45) is 2.33. The lowest BCUT2D eigenvalue weighted by atomic mass is 10.2. The van der Waals surface area contributed by atoms with Gasteiger partial charge in [-0.1, -0.05) is 13.8 Å². The highest BCUT2D eigenvalue weighted by molar-refractivity contribution is 4.87. The average Bonchev–Trinajstić information content (AvgIpc) is 2.65. The van der Waals surface area contributed by atoms with Gasteiger partial charge in [-0.2, -0.15) is 5.10 Å². The number of hydrogen-bond donors (Lipinski definition) is 1. The molecule has 0 aliphatic heterocycles. The van der Waals surface area contributed by atoms with Crippen molar-refractivity contribution in [2.24, 2.45) is 5.92 Å². The molecule has 5 nitrogen and oxygen atoms in total. The lowest BCUT2D eigenvalue weighted by Gasteiger charge is -2.12. The molecule has 1 aromatic heterocycles. The van der Waals surface area contributed by atoms with Crippen molar-refractivity contribution in [3.63, 3.8) is 0 Å². The van der Waals surface area contributed by atoms with E-state index < -0.39 is 6.10 Å². The van der Waals surface area contributed by atoms with E-state index >= 15 is 0 Å². The number of nitrogens with zero attached hydrogens (tertiary/aromatic N) is 3. The molecule has 1 aromatic rings. The third kappa shape index (κ3) is 5.28. The van der Waals surface area contributed by atoms with Crippen LogP contribution in [-0.2, 0) is 17.7 Å². The standard InChI is InChI=1S/C12H23N3O2/c1-4-17-6-5-11(16)7-12-13-9-14-15(12)8-10(2)3/h9-11,16H,4-8H2,1-3H3. The van der Waals surface area contributed by atoms with Crippen molar-refractivity contribution in [1.82, 2.24) is 14.8 Å². The van der Waals surface area contributed by atoms with E-state index in [4.69, 9.17) is 4.74 Å². The van der Waals surface area contributed by atoms with E-state index in [2.05, 4.69) is 23.9 Å². The van der Waals surface area contributed by atoms with E-state index in [1.165, 1.54) is 0 Å². The first kappa shape index (κ1) is 14.1. The monoisotopic (exact) mass is 241 g/mol. The minimum Gasteiger partial charge on any atom is -0.393 e. The van der Waals surface area contributed by atoms with Crippen molar-refractivity contribution in [1.29, 1.82) is 0 Å². The van der Waals surface area contributed by atoms with Crippen molar-refractivity contribution >= 4 is 0 Å². The molecule has 1 heterocycles. The quantitative estimate of drug-likeness (QED) is 0.696. The Morgan fingerprint density at radius 2 is 2.24 bits per heavy atom. The van der Waals surface area contributed by atoms with Gasteiger partial charge in [0, 0.05) is 26.2 Å². The van der Waals surface area contributed by atoms with Crippen LogP contribution in [0.3, 0.4) is 0 Å². The van der Waals surface area contributed by atoms with Crippen molar-refractivity contribution in [3.05, 3.63) is 12.2 Å². The Bertz CT molecular complexity index is 312. The molecule has 1 N–H and O–H groups in total. The van der Waals surface area contributed by atoms with Crippen LogP contribution >= 0.6 is 0 Å². The molecule has 0 bridgehead atoms. The van der Waals surface area contributed by atoms with E-state index in [1.54, 1.807) is 6.33 Å². The first-order valence-corrected chi connectivity index (χ1v) is 6.26. The maximum absolute atomic E-state index is 9.85. The topological polar surface area (TPSA) is 60.2 Å². The molecule has 5 heteroatoms. The highest BCUT2D eigenvalue weighted by atomic mass is 16.5. The van der Waals surface area contributed by atoms with Gasteiger partial charge in [-0.15, -0.1) is 0 Å². The summed E-state index contributed by atoms with van der Waals surface area (Å²) < 4.78 is 7.08. The Morgan fingerprint density at radius 3 is 2.88 bits per heavy atom. The highest BCUT2D eigenvalue weighted by Gasteiger charge is 2.11. The Hall–Kier alpha value is -0.940. The van der Waals surface area contributed by atoms with Gasteiger partial charge in [-0.25, -0.2) is 9.67 Å². The molecule has 0 aliphatic carbocycles. The number of rotatable bonds is 8. The molecule has 17 heavy (non-hydrogen) atoms. The van der Waals surface area contributed by atoms with E-state index in [9.17, 15) is 5.11 Å². The fourth-order valence-corrected chi connectivity index (χ4v) is 1.62. The summed E-state index contributed by atoms with van der Waals surface area (Å²) in [4.78, 5) is 4.19. The largest absolute Gasteiger partial charge is 0.393 e. The summed E-state index contributed by atoms with van der Waals surface area (Å²) in [7, 11) is 0. The molecule has 0 saturated carbocycles. The van der Waals surface area contributed by atoms with Gasteiger partial charge in [0.2, 0.25) is 0 Å². The van der Waals surface area contributed by atoms with Crippen LogP contribution in [0.4, 0.5) is 0 Å². The number of hydrogen-bond acceptors (Lipinski definition) is 4. The smallest absolute Gasteiger partial charge is 0.138 e. The predicted molar refractivity (Wildman–Crippen MR) is 65.7 cm³/mol. The summed E-state index contributed by atoms with van der Waals surface area (Å²) in [6.45, 7) is 8.35. The van der Waals surface area contributed by atoms with Gasteiger partial charge in [0.25, 0.3) is 0 Å². The Kier molecular flexibility index (Phi) is 6.15. The molecule has 0 amide bonds. The maximum atomic E-state index is 9.85. The summed E-state index contributed by atoms with van der Waals surface area (Å²) >= 11 is 0. The normalized spacial score (nSPS) is 13.2. The van der Waals surface area contributed by atoms with Crippen LogP contribution in [0.1, 0.15) is 33.0 Å². The predicted octanol–water partition coefficient (Wildman–Crippen LogP) is 1.26. The fraction of sp³-hybridized carbons (Fsp3) is 0.833. The van der Waals surface area contributed by atoms with Crippen LogP contribution in [-0.4, -0.2) is 39.2 Å². The van der Waals surface area contributed by atoms with Crippen LogP contribution in [0.15, 0.2) is 6.33 Å². The van der Waals surface area contributed by atoms with Crippen molar-refractivity contribution in [3.8, 4) is 0 Å². The third-order valence-corrected chi connectivity index (χ3v) is 2.45. The molecular formula is C12H23N3O2. The Balaban J connectivity index is 2.41. The molecule has 0 aliphatic rings. The van der Waals surface area contributed by atoms with Crippen LogP contribution in [0.2, 0.25) is 0 Å². The third-order valence-electron chi connectivity index (χ3n) is 2.45. The minimum absolute atomic E-state index is 0.406. The maximum Gasteiger partial charge on any atom is 0.138 e. The van der Waals surface area contributed by atoms with Gasteiger partial charge >= 0.3 is 0 Å². The molecule has 1 atom stereocenters. The second-order valence-electron chi connectivity index (χ2n) is 4.60. The number of aliphatic hydroxyl groups is 1. The van der Waals surface area contributed by atoms with E-state index in [-0.39, 0.29) is 0 Å². The Labute approximate surface area is 103 Å². The summed E-state index contributed by atoms with van der Waals surface area (Å²) in [5, 5.41) is 14.0. The highest BCUT2D eigenvalue weighted by Crippen LogP contribution is 2.06. The van der Waals surface area contributed by atoms with Crippen LogP contribution < -0.4 is 0 Å². The van der Waals surface area contributed by atoms with Crippen molar-refractivity contribution < 1.29 is 9.84 Å². The second-order valence-corrected chi connectivity index (χ2v) is 4.60. The first-order valence-electron chi connectivity index (χ1n) is 6.26. The average molecular weight is 241 g/mol. The SMILES string of the molecule is CCOCCC(O)Cc1ncnn1CC(C)C. The second kappa shape index (κ2) is 7.40. The van der Waals surface area contributed by atoms with Gasteiger partial charge in [0.05, 0.1) is 6.10 Å². The van der Waals surface area contributed by atoms with E-state index in [0.29, 0.717) is 32.0 Å². The molecule has 0 fully saturated rings. The van der Waals surface area contributed by atoms with Crippen LogP contribution in [0.25, 0.3) is 0 Å². The van der Waals surface area contributed by atoms with Crippen LogP contribution in [0, 0.1) is 5.92 Å². The first-order chi connectivity index (χ1) is 8.13. The molecule has 1 unspecified atom stereocenters. The number of aromatic nitrogens is 3.